The lowest BCUT2D eigenvalue weighted by Gasteiger charge is -2.19. The Morgan fingerprint density at radius 3 is 2.77 bits per heavy atom. The molecule has 1 aromatic heterocycles. The first-order chi connectivity index (χ1) is 15.0. The average molecular weight is 555 g/mol. The zero-order valence-corrected chi connectivity index (χ0v) is 19.9. The molecule has 1 aliphatic rings. The predicted octanol–water partition coefficient (Wildman–Crippen LogP) is 4.61. The molecule has 164 valence electrons. The van der Waals surface area contributed by atoms with E-state index in [-0.39, 0.29) is 21.8 Å². The molecule has 31 heavy (non-hydrogen) atoms. The van der Waals surface area contributed by atoms with Gasteiger partial charge in [-0.05, 0) is 83.4 Å². The van der Waals surface area contributed by atoms with Gasteiger partial charge in [0.2, 0.25) is 5.91 Å². The summed E-state index contributed by atoms with van der Waals surface area (Å²) in [5.74, 6) is -0.0636. The normalized spacial score (nSPS) is 17.9. The van der Waals surface area contributed by atoms with E-state index in [2.05, 4.69) is 43.1 Å². The fourth-order valence-corrected chi connectivity index (χ4v) is 5.04. The highest BCUT2D eigenvalue weighted by Crippen LogP contribution is 2.32. The van der Waals surface area contributed by atoms with Gasteiger partial charge in [0, 0.05) is 41.1 Å². The maximum absolute atomic E-state index is 13.5. The summed E-state index contributed by atoms with van der Waals surface area (Å²) >= 11 is 8.49. The van der Waals surface area contributed by atoms with E-state index in [9.17, 15) is 9.18 Å². The number of halogens is 3. The van der Waals surface area contributed by atoms with Crippen molar-refractivity contribution in [1.29, 1.82) is 0 Å². The Bertz CT molecular complexity index is 1040. The number of benzene rings is 2. The van der Waals surface area contributed by atoms with Crippen molar-refractivity contribution in [3.63, 3.8) is 0 Å². The molecule has 1 amide bonds. The van der Waals surface area contributed by atoms with Gasteiger partial charge in [-0.2, -0.15) is 0 Å². The lowest BCUT2D eigenvalue weighted by atomic mass is 9.91. The molecule has 5 nitrogen and oxygen atoms in total. The third-order valence-electron chi connectivity index (χ3n) is 5.67. The van der Waals surface area contributed by atoms with Gasteiger partial charge in [0.1, 0.15) is 9.99 Å². The summed E-state index contributed by atoms with van der Waals surface area (Å²) in [7, 11) is 0. The quantitative estimate of drug-likeness (QED) is 0.157. The van der Waals surface area contributed by atoms with Gasteiger partial charge >= 0.3 is 0 Å². The Balaban J connectivity index is 1.39. The van der Waals surface area contributed by atoms with Crippen LogP contribution in [0.15, 0.2) is 48.7 Å². The molecule has 4 rings (SSSR count). The van der Waals surface area contributed by atoms with Crippen LogP contribution < -0.4 is 10.6 Å². The number of carbonyl (C=O) groups is 1. The molecule has 2 atom stereocenters. The van der Waals surface area contributed by atoms with Crippen molar-refractivity contribution in [2.45, 2.75) is 22.9 Å². The number of rotatable bonds is 9. The number of hydrogen-bond acceptors (Lipinski definition) is 3. The van der Waals surface area contributed by atoms with Crippen LogP contribution >= 0.6 is 34.2 Å². The molecule has 0 bridgehead atoms. The lowest BCUT2D eigenvalue weighted by molar-refractivity contribution is -0.118. The van der Waals surface area contributed by atoms with Crippen molar-refractivity contribution >= 4 is 51.0 Å². The number of alkyl halides is 1. The summed E-state index contributed by atoms with van der Waals surface area (Å²) in [6.07, 6.45) is 4.06. The van der Waals surface area contributed by atoms with Gasteiger partial charge in [0.05, 0.1) is 6.54 Å². The maximum atomic E-state index is 13.5. The molecule has 2 aromatic carbocycles. The number of aromatic nitrogens is 1. The van der Waals surface area contributed by atoms with E-state index in [1.807, 2.05) is 36.5 Å². The number of nitrogens with one attached hydrogen (secondary N) is 3. The van der Waals surface area contributed by atoms with Crippen LogP contribution in [-0.2, 0) is 4.79 Å². The van der Waals surface area contributed by atoms with Gasteiger partial charge < -0.3 is 15.6 Å². The fourth-order valence-electron chi connectivity index (χ4n) is 4.04. The van der Waals surface area contributed by atoms with E-state index < -0.39 is 0 Å². The van der Waals surface area contributed by atoms with Crippen molar-refractivity contribution in [2.75, 3.05) is 26.2 Å². The third kappa shape index (κ3) is 5.58. The first kappa shape index (κ1) is 22.5. The third-order valence-corrected chi connectivity index (χ3v) is 7.00. The molecule has 0 aliphatic carbocycles. The smallest absolute Gasteiger partial charge is 0.236 e. The van der Waals surface area contributed by atoms with E-state index in [0.29, 0.717) is 11.6 Å². The van der Waals surface area contributed by atoms with Crippen molar-refractivity contribution in [2.24, 2.45) is 0 Å². The number of carbonyl (C=O) groups excluding carboxylic acids is 1. The molecule has 1 saturated heterocycles. The highest BCUT2D eigenvalue weighted by Gasteiger charge is 2.26. The molecule has 1 fully saturated rings. The van der Waals surface area contributed by atoms with Crippen LogP contribution in [-0.4, -0.2) is 46.1 Å². The predicted molar refractivity (Wildman–Crippen MR) is 131 cm³/mol. The van der Waals surface area contributed by atoms with Crippen molar-refractivity contribution in [3.8, 4) is 0 Å². The molecular formula is C23H25ClFIN4O. The highest BCUT2D eigenvalue weighted by molar-refractivity contribution is 14.1. The van der Waals surface area contributed by atoms with Gasteiger partial charge in [-0.3, -0.25) is 9.69 Å². The summed E-state index contributed by atoms with van der Waals surface area (Å²) < 4.78 is 13.6. The minimum atomic E-state index is -0.235. The first-order valence-corrected chi connectivity index (χ1v) is 12.0. The number of hydrogen-bond donors (Lipinski definition) is 3. The standard InChI is InChI=1S/C23H25ClFIN4O/c24-16-5-8-21-18(11-16)20(13-28-21)19(15-3-6-17(25)7-4-15)12-27-9-1-2-10-30-14-22(31)29-23(30)26/h3-8,11,13,19,23,27-28H,1-2,9-10,12,14H2,(H,29,31). The second kappa shape index (κ2) is 10.3. The zero-order valence-electron chi connectivity index (χ0n) is 17.0. The Kier molecular flexibility index (Phi) is 7.47. The molecule has 0 spiro atoms. The van der Waals surface area contributed by atoms with Crippen LogP contribution in [0.3, 0.4) is 0 Å². The van der Waals surface area contributed by atoms with Gasteiger partial charge in [0.15, 0.2) is 0 Å². The zero-order chi connectivity index (χ0) is 21.8. The molecule has 3 N–H and O–H groups in total. The highest BCUT2D eigenvalue weighted by atomic mass is 127. The number of nitrogens with zero attached hydrogens (tertiary/aromatic N) is 1. The Hall–Kier alpha value is -1.68. The van der Waals surface area contributed by atoms with E-state index in [4.69, 9.17) is 11.6 Å². The van der Waals surface area contributed by atoms with Crippen LogP contribution in [0.1, 0.15) is 29.9 Å². The van der Waals surface area contributed by atoms with Crippen LogP contribution in [0, 0.1) is 5.82 Å². The summed E-state index contributed by atoms with van der Waals surface area (Å²) in [6.45, 7) is 3.00. The number of aromatic amines is 1. The van der Waals surface area contributed by atoms with Crippen LogP contribution in [0.2, 0.25) is 5.02 Å². The maximum Gasteiger partial charge on any atom is 0.236 e. The van der Waals surface area contributed by atoms with Crippen LogP contribution in [0.4, 0.5) is 4.39 Å². The molecule has 2 heterocycles. The Labute approximate surface area is 199 Å². The van der Waals surface area contributed by atoms with E-state index in [1.54, 1.807) is 0 Å². The second-order valence-electron chi connectivity index (χ2n) is 7.82. The van der Waals surface area contributed by atoms with E-state index in [0.717, 1.165) is 54.5 Å². The SMILES string of the molecule is O=C1CN(CCCCNCC(c2ccc(F)cc2)c2c[nH]c3ccc(Cl)cc23)C(I)N1. The summed E-state index contributed by atoms with van der Waals surface area (Å²) in [4.78, 5) is 16.9. The lowest BCUT2D eigenvalue weighted by Crippen LogP contribution is -2.31. The number of amides is 1. The number of H-pyrrole nitrogens is 1. The molecular weight excluding hydrogens is 530 g/mol. The summed E-state index contributed by atoms with van der Waals surface area (Å²) in [6, 6.07) is 12.6. The Morgan fingerprint density at radius 1 is 1.23 bits per heavy atom. The van der Waals surface area contributed by atoms with Gasteiger partial charge in [-0.1, -0.05) is 23.7 Å². The molecule has 8 heteroatoms. The van der Waals surface area contributed by atoms with Crippen molar-refractivity contribution in [3.05, 3.63) is 70.6 Å². The summed E-state index contributed by atoms with van der Waals surface area (Å²) in [5, 5.41) is 8.26. The molecule has 0 radical (unpaired) electrons. The van der Waals surface area contributed by atoms with Crippen molar-refractivity contribution < 1.29 is 9.18 Å². The molecule has 0 saturated carbocycles. The molecule has 1 aliphatic heterocycles. The average Bonchev–Trinajstić information content (AvgIpc) is 3.30. The molecule has 2 unspecified atom stereocenters. The molecule has 3 aromatic rings. The minimum absolute atomic E-state index is 0.0759. The van der Waals surface area contributed by atoms with E-state index >= 15 is 0 Å². The fraction of sp³-hybridized carbons (Fsp3) is 0.348. The second-order valence-corrected chi connectivity index (χ2v) is 9.44. The van der Waals surface area contributed by atoms with E-state index in [1.165, 1.54) is 12.1 Å². The first-order valence-electron chi connectivity index (χ1n) is 10.4. The number of fused-ring (bicyclic) bond motifs is 1. The number of unbranched alkanes of at least 4 members (excludes halogenated alkanes) is 1. The van der Waals surface area contributed by atoms with Gasteiger partial charge in [-0.25, -0.2) is 4.39 Å². The van der Waals surface area contributed by atoms with Gasteiger partial charge in [-0.15, -0.1) is 0 Å². The van der Waals surface area contributed by atoms with Gasteiger partial charge in [0.25, 0.3) is 0 Å². The minimum Gasteiger partial charge on any atom is -0.361 e. The van der Waals surface area contributed by atoms with Crippen LogP contribution in [0.5, 0.6) is 0 Å². The largest absolute Gasteiger partial charge is 0.361 e. The summed E-state index contributed by atoms with van der Waals surface area (Å²) in [5.41, 5.74) is 3.24. The van der Waals surface area contributed by atoms with Crippen LogP contribution in [0.25, 0.3) is 10.9 Å². The topological polar surface area (TPSA) is 60.2 Å². The Morgan fingerprint density at radius 2 is 2.03 bits per heavy atom. The van der Waals surface area contributed by atoms with Crippen molar-refractivity contribution in [1.82, 2.24) is 20.5 Å². The monoisotopic (exact) mass is 554 g/mol.